The maximum absolute atomic E-state index is 12.2. The second-order valence-electron chi connectivity index (χ2n) is 4.49. The molecule has 0 heterocycles. The molecule has 1 aromatic rings. The summed E-state index contributed by atoms with van der Waals surface area (Å²) in [5.41, 5.74) is -2.17. The van der Waals surface area contributed by atoms with Crippen LogP contribution in [0.1, 0.15) is 60.8 Å². The maximum atomic E-state index is 12.2. The molecule has 1 aromatic carbocycles. The van der Waals surface area contributed by atoms with Gasteiger partial charge in [0.2, 0.25) is 0 Å². The first-order valence-corrected chi connectivity index (χ1v) is 7.93. The average molecular weight is 450 g/mol. The van der Waals surface area contributed by atoms with Crippen molar-refractivity contribution in [2.24, 2.45) is 0 Å². The maximum Gasteiger partial charge on any atom is 0.339 e. The second-order valence-corrected chi connectivity index (χ2v) is 5.57. The van der Waals surface area contributed by atoms with Gasteiger partial charge in [-0.1, -0.05) is 0 Å². The number of rotatable bonds is 6. The zero-order chi connectivity index (χ0) is 18.6. The molecule has 0 bridgehead atoms. The quantitative estimate of drug-likeness (QED) is 0.500. The zero-order valence-electron chi connectivity index (χ0n) is 13.1. The van der Waals surface area contributed by atoms with Gasteiger partial charge < -0.3 is 19.7 Å². The van der Waals surface area contributed by atoms with E-state index in [2.05, 4.69) is 0 Å². The molecule has 0 aliphatic heterocycles. The van der Waals surface area contributed by atoms with E-state index in [1.165, 1.54) is 20.8 Å². The predicted octanol–water partition coefficient (Wildman–Crippen LogP) is 2.35. The molecule has 2 N–H and O–H groups in total. The summed E-state index contributed by atoms with van der Waals surface area (Å²) in [6.45, 7) is 4.32. The van der Waals surface area contributed by atoms with E-state index in [1.807, 2.05) is 0 Å². The number of esters is 2. The Morgan fingerprint density at radius 2 is 1.25 bits per heavy atom. The summed E-state index contributed by atoms with van der Waals surface area (Å²) in [6.07, 6.45) is 0. The van der Waals surface area contributed by atoms with Crippen LogP contribution in [0.4, 0.5) is 0 Å². The van der Waals surface area contributed by atoms with Gasteiger partial charge in [0.15, 0.2) is 0 Å². The normalized spacial score (nSPS) is 10.2. The van der Waals surface area contributed by atoms with Gasteiger partial charge >= 0.3 is 23.9 Å². The smallest absolute Gasteiger partial charge is 0.339 e. The molecule has 24 heavy (non-hydrogen) atoms. The third kappa shape index (κ3) is 3.66. The van der Waals surface area contributed by atoms with Crippen LogP contribution in [0.3, 0.4) is 0 Å². The number of ether oxygens (including phenoxy) is 2. The number of benzene rings is 1. The highest BCUT2D eigenvalue weighted by atomic mass is 127. The molecule has 0 saturated heterocycles. The van der Waals surface area contributed by atoms with Crippen LogP contribution in [-0.2, 0) is 9.47 Å². The molecule has 8 nitrogen and oxygen atoms in total. The highest BCUT2D eigenvalue weighted by molar-refractivity contribution is 14.1. The van der Waals surface area contributed by atoms with Crippen molar-refractivity contribution in [2.75, 3.05) is 13.2 Å². The van der Waals surface area contributed by atoms with Crippen LogP contribution in [0.25, 0.3) is 0 Å². The van der Waals surface area contributed by atoms with Crippen molar-refractivity contribution >= 4 is 46.5 Å². The van der Waals surface area contributed by atoms with Crippen LogP contribution in [0.5, 0.6) is 0 Å². The topological polar surface area (TPSA) is 127 Å². The van der Waals surface area contributed by atoms with Gasteiger partial charge in [0.25, 0.3) is 0 Å². The first-order valence-electron chi connectivity index (χ1n) is 6.85. The lowest BCUT2D eigenvalue weighted by Gasteiger charge is -2.17. The van der Waals surface area contributed by atoms with E-state index in [0.29, 0.717) is 0 Å². The summed E-state index contributed by atoms with van der Waals surface area (Å²) in [7, 11) is 0. The molecule has 1 rings (SSSR count). The van der Waals surface area contributed by atoms with Gasteiger partial charge in [-0.15, -0.1) is 0 Å². The van der Waals surface area contributed by atoms with E-state index in [1.54, 1.807) is 22.6 Å². The van der Waals surface area contributed by atoms with E-state index in [-0.39, 0.29) is 27.9 Å². The first kappa shape index (κ1) is 19.9. The van der Waals surface area contributed by atoms with Gasteiger partial charge in [-0.05, 0) is 48.9 Å². The summed E-state index contributed by atoms with van der Waals surface area (Å²) < 4.78 is 9.69. The molecule has 0 atom stereocenters. The highest BCUT2D eigenvalue weighted by Crippen LogP contribution is 2.31. The largest absolute Gasteiger partial charge is 0.478 e. The monoisotopic (exact) mass is 450 g/mol. The van der Waals surface area contributed by atoms with E-state index < -0.39 is 40.6 Å². The number of carbonyl (C=O) groups is 4. The summed E-state index contributed by atoms with van der Waals surface area (Å²) >= 11 is 1.65. The number of carboxylic acid groups (broad SMARTS) is 2. The number of aromatic carboxylic acids is 2. The molecular formula is C15H15IO8. The lowest BCUT2D eigenvalue weighted by molar-refractivity contribution is 0.0493. The highest BCUT2D eigenvalue weighted by Gasteiger charge is 2.35. The lowest BCUT2D eigenvalue weighted by Crippen LogP contribution is -2.24. The minimum atomic E-state index is -1.62. The third-order valence-corrected chi connectivity index (χ3v) is 4.41. The molecule has 130 valence electrons. The molecule has 9 heteroatoms. The van der Waals surface area contributed by atoms with Crippen LogP contribution < -0.4 is 0 Å². The Balaban J connectivity index is 4.00. The molecule has 0 aromatic heterocycles. The van der Waals surface area contributed by atoms with Crippen molar-refractivity contribution < 1.29 is 38.9 Å². The van der Waals surface area contributed by atoms with Gasteiger partial charge in [0.1, 0.15) is 0 Å². The van der Waals surface area contributed by atoms with Crippen LogP contribution in [0.15, 0.2) is 0 Å². The van der Waals surface area contributed by atoms with E-state index in [4.69, 9.17) is 9.47 Å². The molecular weight excluding hydrogens is 435 g/mol. The van der Waals surface area contributed by atoms with E-state index in [0.717, 1.165) is 0 Å². The van der Waals surface area contributed by atoms with Gasteiger partial charge in [0, 0.05) is 3.57 Å². The van der Waals surface area contributed by atoms with E-state index >= 15 is 0 Å². The molecule has 0 fully saturated rings. The summed E-state index contributed by atoms with van der Waals surface area (Å²) in [4.78, 5) is 47.6. The fraction of sp³-hybridized carbons (Fsp3) is 0.333. The van der Waals surface area contributed by atoms with Crippen LogP contribution >= 0.6 is 22.6 Å². The summed E-state index contributed by atoms with van der Waals surface area (Å²) in [6, 6.07) is 0. The fourth-order valence-electron chi connectivity index (χ4n) is 2.12. The van der Waals surface area contributed by atoms with Crippen molar-refractivity contribution in [1.29, 1.82) is 0 Å². The number of hydrogen-bond acceptors (Lipinski definition) is 6. The Bertz CT molecular complexity index is 723. The number of carboxylic acids is 2. The molecule has 0 amide bonds. The molecule has 0 spiro atoms. The van der Waals surface area contributed by atoms with Crippen molar-refractivity contribution in [1.82, 2.24) is 0 Å². The standard InChI is InChI=1S/C15H15IO8/c1-4-23-14(21)7-6(3)11(16)10(13(19)20)9(8(7)12(17)18)15(22)24-5-2/h4-5H2,1-3H3,(H,17,18)(H,19,20). The van der Waals surface area contributed by atoms with Crippen LogP contribution in [-0.4, -0.2) is 47.3 Å². The molecule has 0 aliphatic carbocycles. The van der Waals surface area contributed by atoms with Crippen molar-refractivity contribution in [3.05, 3.63) is 31.4 Å². The van der Waals surface area contributed by atoms with Crippen molar-refractivity contribution in [3.63, 3.8) is 0 Å². The molecule has 0 radical (unpaired) electrons. The number of carbonyl (C=O) groups excluding carboxylic acids is 2. The van der Waals surface area contributed by atoms with Gasteiger partial charge in [0.05, 0.1) is 35.5 Å². The number of halogens is 1. The van der Waals surface area contributed by atoms with Gasteiger partial charge in [-0.2, -0.15) is 0 Å². The van der Waals surface area contributed by atoms with Gasteiger partial charge in [-0.25, -0.2) is 19.2 Å². The van der Waals surface area contributed by atoms with Gasteiger partial charge in [-0.3, -0.25) is 0 Å². The molecule has 0 saturated carbocycles. The Morgan fingerprint density at radius 3 is 1.62 bits per heavy atom. The second kappa shape index (κ2) is 8.08. The lowest BCUT2D eigenvalue weighted by atomic mass is 9.91. The Hall–Kier alpha value is -2.17. The minimum Gasteiger partial charge on any atom is -0.478 e. The Kier molecular flexibility index (Phi) is 6.70. The molecule has 0 unspecified atom stereocenters. The minimum absolute atomic E-state index is 0.0106. The van der Waals surface area contributed by atoms with Crippen molar-refractivity contribution in [3.8, 4) is 0 Å². The molecule has 0 aliphatic rings. The fourth-order valence-corrected chi connectivity index (χ4v) is 2.90. The van der Waals surface area contributed by atoms with E-state index in [9.17, 15) is 29.4 Å². The average Bonchev–Trinajstić information content (AvgIpc) is 2.48. The Labute approximate surface area is 150 Å². The summed E-state index contributed by atoms with van der Waals surface area (Å²) in [5.74, 6) is -5.20. The third-order valence-electron chi connectivity index (χ3n) is 3.06. The number of hydrogen-bond donors (Lipinski definition) is 2. The first-order chi connectivity index (χ1) is 11.2. The van der Waals surface area contributed by atoms with Crippen LogP contribution in [0, 0.1) is 10.5 Å². The SMILES string of the molecule is CCOC(=O)c1c(C)c(I)c(C(=O)O)c(C(=O)OCC)c1C(=O)O. The summed E-state index contributed by atoms with van der Waals surface area (Å²) in [5, 5.41) is 18.9. The van der Waals surface area contributed by atoms with Crippen LogP contribution in [0.2, 0.25) is 0 Å². The zero-order valence-corrected chi connectivity index (χ0v) is 15.3. The van der Waals surface area contributed by atoms with Crippen molar-refractivity contribution in [2.45, 2.75) is 20.8 Å². The predicted molar refractivity (Wildman–Crippen MR) is 89.7 cm³/mol. The Morgan fingerprint density at radius 1 is 0.833 bits per heavy atom.